The molecule has 2 aliphatic rings. The van der Waals surface area contributed by atoms with Gasteiger partial charge < -0.3 is 20.3 Å². The quantitative estimate of drug-likeness (QED) is 0.409. The number of nitrogens with zero attached hydrogens (tertiary/aromatic N) is 4. The molecule has 0 amide bonds. The molecule has 2 rings (SSSR count). The van der Waals surface area contributed by atoms with Crippen molar-refractivity contribution in [2.45, 2.75) is 19.9 Å². The summed E-state index contributed by atoms with van der Waals surface area (Å²) in [6.45, 7) is 14.3. The molecule has 0 radical (unpaired) electrons. The van der Waals surface area contributed by atoms with Gasteiger partial charge in [0, 0.05) is 45.3 Å². The summed E-state index contributed by atoms with van der Waals surface area (Å²) >= 11 is 0. The molecule has 124 valence electrons. The summed E-state index contributed by atoms with van der Waals surface area (Å²) in [5.41, 5.74) is 6.06. The van der Waals surface area contributed by atoms with Gasteiger partial charge in [-0.3, -0.25) is 9.89 Å². The lowest BCUT2D eigenvalue weighted by molar-refractivity contribution is 0.0672. The van der Waals surface area contributed by atoms with Crippen LogP contribution in [-0.2, 0) is 4.74 Å². The third-order valence-electron chi connectivity index (χ3n) is 4.33. The van der Waals surface area contributed by atoms with Crippen LogP contribution in [0.25, 0.3) is 0 Å². The predicted molar refractivity (Wildman–Crippen MR) is 97.4 cm³/mol. The first-order valence-electron chi connectivity index (χ1n) is 7.79. The number of hydrogen-bond donors (Lipinski definition) is 1. The van der Waals surface area contributed by atoms with Crippen molar-refractivity contribution in [1.29, 1.82) is 0 Å². The number of nitrogens with two attached hydrogens (primary N) is 1. The molecule has 6 nitrogen and oxygen atoms in total. The minimum atomic E-state index is 0. The lowest BCUT2D eigenvalue weighted by atomic mass is 10.2. The van der Waals surface area contributed by atoms with Gasteiger partial charge in [-0.15, -0.1) is 24.0 Å². The third kappa shape index (κ3) is 5.88. The monoisotopic (exact) mass is 411 g/mol. The molecule has 1 atom stereocenters. The van der Waals surface area contributed by atoms with Crippen molar-refractivity contribution in [2.24, 2.45) is 10.7 Å². The topological polar surface area (TPSA) is 57.3 Å². The molecule has 2 aliphatic heterocycles. The molecule has 2 saturated heterocycles. The largest absolute Gasteiger partial charge is 0.378 e. The van der Waals surface area contributed by atoms with E-state index in [1.54, 1.807) is 0 Å². The van der Waals surface area contributed by atoms with E-state index in [2.05, 4.69) is 33.5 Å². The van der Waals surface area contributed by atoms with Gasteiger partial charge in [-0.05, 0) is 13.5 Å². The summed E-state index contributed by atoms with van der Waals surface area (Å²) in [6.07, 6.45) is 0. The second kappa shape index (κ2) is 9.81. The Kier molecular flexibility index (Phi) is 8.84. The van der Waals surface area contributed by atoms with E-state index in [1.165, 1.54) is 13.1 Å². The second-order valence-electron chi connectivity index (χ2n) is 5.62. The maximum absolute atomic E-state index is 6.06. The van der Waals surface area contributed by atoms with Crippen molar-refractivity contribution in [2.75, 3.05) is 65.6 Å². The van der Waals surface area contributed by atoms with E-state index < -0.39 is 0 Å². The number of guanidine groups is 1. The first-order chi connectivity index (χ1) is 9.70. The SMILES string of the molecule is CCN1CCN(C(C)CN=C(N)N2CCOCC2)CC1.I. The van der Waals surface area contributed by atoms with E-state index >= 15 is 0 Å². The average Bonchev–Trinajstić information content (AvgIpc) is 2.53. The van der Waals surface area contributed by atoms with E-state index in [1.807, 2.05) is 0 Å². The van der Waals surface area contributed by atoms with Crippen LogP contribution in [0.3, 0.4) is 0 Å². The van der Waals surface area contributed by atoms with Gasteiger partial charge in [-0.25, -0.2) is 0 Å². The van der Waals surface area contributed by atoms with Crippen LogP contribution in [-0.4, -0.2) is 92.3 Å². The summed E-state index contributed by atoms with van der Waals surface area (Å²) in [7, 11) is 0. The number of halogens is 1. The van der Waals surface area contributed by atoms with Crippen LogP contribution < -0.4 is 5.73 Å². The maximum Gasteiger partial charge on any atom is 0.191 e. The Labute approximate surface area is 145 Å². The Morgan fingerprint density at radius 3 is 2.33 bits per heavy atom. The molecular formula is C14H30IN5O. The molecular weight excluding hydrogens is 381 g/mol. The molecule has 0 aliphatic carbocycles. The van der Waals surface area contributed by atoms with Crippen LogP contribution in [0.2, 0.25) is 0 Å². The number of morpholine rings is 1. The zero-order valence-corrected chi connectivity index (χ0v) is 15.7. The summed E-state index contributed by atoms with van der Waals surface area (Å²) in [4.78, 5) is 11.7. The third-order valence-corrected chi connectivity index (χ3v) is 4.33. The molecule has 0 bridgehead atoms. The van der Waals surface area contributed by atoms with E-state index in [9.17, 15) is 0 Å². The fourth-order valence-electron chi connectivity index (χ4n) is 2.75. The van der Waals surface area contributed by atoms with Gasteiger partial charge in [0.2, 0.25) is 0 Å². The molecule has 21 heavy (non-hydrogen) atoms. The summed E-state index contributed by atoms with van der Waals surface area (Å²) in [6, 6.07) is 0.466. The van der Waals surface area contributed by atoms with Crippen LogP contribution in [0.1, 0.15) is 13.8 Å². The summed E-state index contributed by atoms with van der Waals surface area (Å²) in [5, 5.41) is 0. The van der Waals surface area contributed by atoms with Gasteiger partial charge in [0.1, 0.15) is 0 Å². The van der Waals surface area contributed by atoms with Crippen LogP contribution in [0.4, 0.5) is 0 Å². The molecule has 0 spiro atoms. The molecule has 7 heteroatoms. The summed E-state index contributed by atoms with van der Waals surface area (Å²) in [5.74, 6) is 0.673. The second-order valence-corrected chi connectivity index (χ2v) is 5.62. The minimum Gasteiger partial charge on any atom is -0.378 e. The molecule has 2 fully saturated rings. The average molecular weight is 411 g/mol. The first kappa shape index (κ1) is 18.9. The van der Waals surface area contributed by atoms with Gasteiger partial charge in [0.25, 0.3) is 0 Å². The highest BCUT2D eigenvalue weighted by molar-refractivity contribution is 14.0. The van der Waals surface area contributed by atoms with Crippen molar-refractivity contribution >= 4 is 29.9 Å². The standard InChI is InChI=1S/C14H29N5O.HI/c1-3-17-4-6-18(7-5-17)13(2)12-16-14(15)19-8-10-20-11-9-19;/h13H,3-12H2,1-2H3,(H2,15,16);1H. The smallest absolute Gasteiger partial charge is 0.191 e. The molecule has 1 unspecified atom stereocenters. The number of likely N-dealkylation sites (N-methyl/N-ethyl adjacent to an activating group) is 1. The number of aliphatic imine (C=N–C) groups is 1. The zero-order chi connectivity index (χ0) is 14.4. The minimum absolute atomic E-state index is 0. The molecule has 0 aromatic rings. The van der Waals surface area contributed by atoms with Crippen molar-refractivity contribution in [1.82, 2.24) is 14.7 Å². The van der Waals surface area contributed by atoms with Gasteiger partial charge in [0.15, 0.2) is 5.96 Å². The molecule has 0 aromatic carbocycles. The van der Waals surface area contributed by atoms with Crippen LogP contribution in [0.15, 0.2) is 4.99 Å². The van der Waals surface area contributed by atoms with E-state index in [-0.39, 0.29) is 24.0 Å². The Balaban J connectivity index is 0.00000220. The maximum atomic E-state index is 6.06. The Hall–Kier alpha value is -0.120. The molecule has 0 aromatic heterocycles. The highest BCUT2D eigenvalue weighted by atomic mass is 127. The van der Waals surface area contributed by atoms with Crippen molar-refractivity contribution in [3.05, 3.63) is 0 Å². The number of hydrogen-bond acceptors (Lipinski definition) is 4. The highest BCUT2D eigenvalue weighted by Gasteiger charge is 2.20. The lowest BCUT2D eigenvalue weighted by Crippen LogP contribution is -2.50. The lowest BCUT2D eigenvalue weighted by Gasteiger charge is -2.37. The van der Waals surface area contributed by atoms with Crippen molar-refractivity contribution in [3.8, 4) is 0 Å². The molecule has 0 saturated carbocycles. The molecule has 2 N–H and O–H groups in total. The van der Waals surface area contributed by atoms with Crippen LogP contribution in [0.5, 0.6) is 0 Å². The van der Waals surface area contributed by atoms with E-state index in [4.69, 9.17) is 10.5 Å². The van der Waals surface area contributed by atoms with Gasteiger partial charge in [-0.2, -0.15) is 0 Å². The fourth-order valence-corrected chi connectivity index (χ4v) is 2.75. The molecule has 2 heterocycles. The van der Waals surface area contributed by atoms with Gasteiger partial charge >= 0.3 is 0 Å². The Morgan fingerprint density at radius 1 is 1.14 bits per heavy atom. The number of ether oxygens (including phenoxy) is 1. The summed E-state index contributed by atoms with van der Waals surface area (Å²) < 4.78 is 5.33. The van der Waals surface area contributed by atoms with Crippen molar-refractivity contribution < 1.29 is 4.74 Å². The zero-order valence-electron chi connectivity index (χ0n) is 13.3. The van der Waals surface area contributed by atoms with E-state index in [0.29, 0.717) is 12.0 Å². The van der Waals surface area contributed by atoms with Crippen LogP contribution in [0, 0.1) is 0 Å². The first-order valence-corrected chi connectivity index (χ1v) is 7.79. The number of rotatable bonds is 4. The fraction of sp³-hybridized carbons (Fsp3) is 0.929. The normalized spacial score (nSPS) is 23.7. The van der Waals surface area contributed by atoms with Crippen molar-refractivity contribution in [3.63, 3.8) is 0 Å². The van der Waals surface area contributed by atoms with Gasteiger partial charge in [-0.1, -0.05) is 6.92 Å². The Bertz CT molecular complexity index is 314. The predicted octanol–water partition coefficient (Wildman–Crippen LogP) is 0.277. The van der Waals surface area contributed by atoms with Gasteiger partial charge in [0.05, 0.1) is 19.8 Å². The highest BCUT2D eigenvalue weighted by Crippen LogP contribution is 2.06. The van der Waals surface area contributed by atoms with Crippen LogP contribution >= 0.6 is 24.0 Å². The number of piperazine rings is 1. The van der Waals surface area contributed by atoms with E-state index in [0.717, 1.165) is 52.5 Å². The Morgan fingerprint density at radius 2 is 1.76 bits per heavy atom.